The standard InChI is InChI=1S/C29H29N3O8/c1-12(33)31-16-6-4-5-13(8-16)17-11-19(32(2)3)18-9-14-7-15-10-20(34)23(28(30)39)27(38)29(15,40)26(37)21(14)25(36)22(18)24(17)35/h4-6,8,11,14-15,35-36,38,40H,7,9-10H2,1-3H3,(H2,30,39)(H,31,33)/t14-,15+,29+/m1/s1. The van der Waals surface area contributed by atoms with Crippen molar-refractivity contribution in [2.24, 2.45) is 17.6 Å². The summed E-state index contributed by atoms with van der Waals surface area (Å²) in [6, 6.07) is 8.50. The second-order valence-corrected chi connectivity index (χ2v) is 10.7. The van der Waals surface area contributed by atoms with Crippen LogP contribution in [0.5, 0.6) is 5.75 Å². The Morgan fingerprint density at radius 2 is 1.80 bits per heavy atom. The van der Waals surface area contributed by atoms with Crippen molar-refractivity contribution in [1.82, 2.24) is 0 Å². The molecule has 0 heterocycles. The minimum atomic E-state index is -2.63. The van der Waals surface area contributed by atoms with Crippen LogP contribution in [0.3, 0.4) is 0 Å². The largest absolute Gasteiger partial charge is 0.508 e. The molecule has 0 aromatic heterocycles. The summed E-state index contributed by atoms with van der Waals surface area (Å²) in [7, 11) is 3.58. The third-order valence-corrected chi connectivity index (χ3v) is 8.02. The Kier molecular flexibility index (Phi) is 6.22. The number of phenolic OH excluding ortho intramolecular Hbond substituents is 1. The minimum absolute atomic E-state index is 0.00161. The van der Waals surface area contributed by atoms with E-state index in [4.69, 9.17) is 5.73 Å². The van der Waals surface area contributed by atoms with E-state index >= 15 is 0 Å². The smallest absolute Gasteiger partial charge is 0.255 e. The van der Waals surface area contributed by atoms with Gasteiger partial charge in [0.2, 0.25) is 11.7 Å². The van der Waals surface area contributed by atoms with E-state index in [0.29, 0.717) is 28.1 Å². The van der Waals surface area contributed by atoms with Gasteiger partial charge in [0, 0.05) is 55.9 Å². The lowest BCUT2D eigenvalue weighted by atomic mass is 9.59. The van der Waals surface area contributed by atoms with Crippen LogP contribution < -0.4 is 16.0 Å². The molecule has 0 spiro atoms. The number of primary amides is 1. The van der Waals surface area contributed by atoms with Gasteiger partial charge in [0.05, 0.1) is 5.56 Å². The van der Waals surface area contributed by atoms with Gasteiger partial charge < -0.3 is 36.4 Å². The van der Waals surface area contributed by atoms with Crippen molar-refractivity contribution >= 4 is 40.5 Å². The molecule has 7 N–H and O–H groups in total. The molecule has 208 valence electrons. The first-order chi connectivity index (χ1) is 18.8. The first kappa shape index (κ1) is 26.9. The fraction of sp³-hybridized carbons (Fsp3) is 0.310. The zero-order valence-corrected chi connectivity index (χ0v) is 22.1. The van der Waals surface area contributed by atoms with Crippen LogP contribution in [0, 0.1) is 11.8 Å². The van der Waals surface area contributed by atoms with Crippen LogP contribution in [0.25, 0.3) is 16.9 Å². The summed E-state index contributed by atoms with van der Waals surface area (Å²) in [6.45, 7) is 1.37. The van der Waals surface area contributed by atoms with Crippen LogP contribution in [-0.4, -0.2) is 63.5 Å². The fourth-order valence-corrected chi connectivity index (χ4v) is 6.26. The molecule has 2 amide bonds. The Morgan fingerprint density at radius 1 is 1.10 bits per heavy atom. The zero-order valence-electron chi connectivity index (χ0n) is 22.1. The minimum Gasteiger partial charge on any atom is -0.508 e. The van der Waals surface area contributed by atoms with Crippen LogP contribution in [0.2, 0.25) is 0 Å². The highest BCUT2D eigenvalue weighted by atomic mass is 16.3. The first-order valence-electron chi connectivity index (χ1n) is 12.7. The van der Waals surface area contributed by atoms with E-state index in [1.807, 2.05) is 0 Å². The molecular formula is C29H29N3O8. The molecule has 1 fully saturated rings. The van der Waals surface area contributed by atoms with Crippen LogP contribution in [0.4, 0.5) is 11.4 Å². The van der Waals surface area contributed by atoms with Crippen molar-refractivity contribution in [2.45, 2.75) is 31.8 Å². The predicted octanol–water partition coefficient (Wildman–Crippen LogP) is 2.12. The lowest BCUT2D eigenvalue weighted by molar-refractivity contribution is -0.147. The molecule has 0 unspecified atom stereocenters. The van der Waals surface area contributed by atoms with Crippen molar-refractivity contribution in [2.75, 3.05) is 24.3 Å². The van der Waals surface area contributed by atoms with Crippen molar-refractivity contribution in [1.29, 1.82) is 0 Å². The first-order valence-corrected chi connectivity index (χ1v) is 12.7. The summed E-state index contributed by atoms with van der Waals surface area (Å²) in [6.07, 6.45) is -0.129. The van der Waals surface area contributed by atoms with Gasteiger partial charge in [0.25, 0.3) is 5.91 Å². The predicted molar refractivity (Wildman–Crippen MR) is 145 cm³/mol. The summed E-state index contributed by atoms with van der Waals surface area (Å²) in [5, 5.41) is 47.9. The monoisotopic (exact) mass is 547 g/mol. The van der Waals surface area contributed by atoms with Gasteiger partial charge in [-0.15, -0.1) is 0 Å². The molecule has 40 heavy (non-hydrogen) atoms. The molecule has 5 rings (SSSR count). The quantitative estimate of drug-likeness (QED) is 0.311. The maximum atomic E-state index is 13.8. The van der Waals surface area contributed by atoms with Gasteiger partial charge in [-0.05, 0) is 48.1 Å². The number of benzene rings is 2. The number of aromatic hydroxyl groups is 1. The number of rotatable bonds is 4. The van der Waals surface area contributed by atoms with E-state index in [1.165, 1.54) is 6.92 Å². The SMILES string of the molecule is CC(=O)Nc1cccc(-c2cc(N(C)C)c3c(c2O)C(O)=C2C(=O)[C@]4(O)C(O)=C(C(N)=O)C(=O)C[C@@H]4C[C@@H]2C3)c1. The molecule has 0 bridgehead atoms. The molecule has 11 nitrogen and oxygen atoms in total. The van der Waals surface area contributed by atoms with Gasteiger partial charge in [-0.3, -0.25) is 19.2 Å². The van der Waals surface area contributed by atoms with Crippen LogP contribution in [0.1, 0.15) is 30.9 Å². The average Bonchev–Trinajstić information content (AvgIpc) is 2.85. The second kappa shape index (κ2) is 9.23. The van der Waals surface area contributed by atoms with E-state index in [1.54, 1.807) is 49.3 Å². The maximum absolute atomic E-state index is 13.8. The lowest BCUT2D eigenvalue weighted by Crippen LogP contribution is -2.58. The van der Waals surface area contributed by atoms with Gasteiger partial charge >= 0.3 is 0 Å². The molecule has 1 saturated carbocycles. The highest BCUT2D eigenvalue weighted by Crippen LogP contribution is 2.54. The Balaban J connectivity index is 1.72. The van der Waals surface area contributed by atoms with Gasteiger partial charge in [-0.25, -0.2) is 0 Å². The number of fused-ring (bicyclic) bond motifs is 3. The lowest BCUT2D eigenvalue weighted by Gasteiger charge is -2.46. The number of Topliss-reactive ketones (excluding diaryl/α,β-unsaturated/α-hetero) is 2. The number of hydrogen-bond donors (Lipinski definition) is 6. The summed E-state index contributed by atoms with van der Waals surface area (Å²) in [4.78, 5) is 51.6. The molecule has 0 saturated heterocycles. The van der Waals surface area contributed by atoms with E-state index in [2.05, 4.69) is 5.32 Å². The third-order valence-electron chi connectivity index (χ3n) is 8.02. The number of carbonyl (C=O) groups is 4. The number of ketones is 2. The van der Waals surface area contributed by atoms with Crippen LogP contribution in [0.15, 0.2) is 47.2 Å². The Bertz CT molecular complexity index is 1590. The maximum Gasteiger partial charge on any atom is 0.255 e. The molecule has 2 aromatic rings. The Morgan fingerprint density at radius 3 is 2.42 bits per heavy atom. The number of phenols is 1. The van der Waals surface area contributed by atoms with Crippen molar-refractivity contribution in [3.8, 4) is 16.9 Å². The third kappa shape index (κ3) is 3.84. The van der Waals surface area contributed by atoms with Gasteiger partial charge in [-0.1, -0.05) is 12.1 Å². The summed E-state index contributed by atoms with van der Waals surface area (Å²) < 4.78 is 0. The van der Waals surface area contributed by atoms with E-state index in [0.717, 1.165) is 0 Å². The number of hydrogen-bond acceptors (Lipinski definition) is 9. The number of nitrogens with zero attached hydrogens (tertiary/aromatic N) is 1. The number of aliphatic hydroxyl groups excluding tert-OH is 2. The molecule has 11 heteroatoms. The number of amides is 2. The van der Waals surface area contributed by atoms with Gasteiger partial charge in [0.1, 0.15) is 22.8 Å². The number of anilines is 2. The highest BCUT2D eigenvalue weighted by Gasteiger charge is 2.60. The number of nitrogens with two attached hydrogens (primary N) is 1. The number of nitrogens with one attached hydrogen (secondary N) is 1. The molecular weight excluding hydrogens is 518 g/mol. The fourth-order valence-electron chi connectivity index (χ4n) is 6.26. The molecule has 3 atom stereocenters. The molecule has 2 aromatic carbocycles. The Labute approximate surface area is 229 Å². The van der Waals surface area contributed by atoms with Gasteiger partial charge in [0.15, 0.2) is 11.4 Å². The van der Waals surface area contributed by atoms with Crippen molar-refractivity contribution in [3.63, 3.8) is 0 Å². The molecule has 0 radical (unpaired) electrons. The number of aliphatic hydroxyl groups is 3. The average molecular weight is 548 g/mol. The summed E-state index contributed by atoms with van der Waals surface area (Å²) in [5.74, 6) is -7.02. The zero-order chi connectivity index (χ0) is 29.3. The topological polar surface area (TPSA) is 190 Å². The van der Waals surface area contributed by atoms with Crippen LogP contribution in [-0.2, 0) is 25.6 Å². The highest BCUT2D eigenvalue weighted by molar-refractivity contribution is 6.22. The molecule has 3 aliphatic rings. The van der Waals surface area contributed by atoms with E-state index in [-0.39, 0.29) is 42.1 Å². The normalized spacial score (nSPS) is 23.8. The molecule has 0 aliphatic heterocycles. The second-order valence-electron chi connectivity index (χ2n) is 10.7. The number of carbonyl (C=O) groups excluding carboxylic acids is 4. The summed E-state index contributed by atoms with van der Waals surface area (Å²) >= 11 is 0. The van der Waals surface area contributed by atoms with E-state index in [9.17, 15) is 39.6 Å². The Hall–Kier alpha value is -4.64. The van der Waals surface area contributed by atoms with Gasteiger partial charge in [-0.2, -0.15) is 0 Å². The molecule has 3 aliphatic carbocycles. The van der Waals surface area contributed by atoms with Crippen molar-refractivity contribution < 1.29 is 39.6 Å². The summed E-state index contributed by atoms with van der Waals surface area (Å²) in [5.41, 5.74) is 4.14. The van der Waals surface area contributed by atoms with Crippen molar-refractivity contribution in [3.05, 3.63) is 58.4 Å². The van der Waals surface area contributed by atoms with E-state index < -0.39 is 52.0 Å². The van der Waals surface area contributed by atoms with Crippen LogP contribution >= 0.6 is 0 Å².